The molecule has 69 heavy (non-hydrogen) atoms. The van der Waals surface area contributed by atoms with Crippen molar-refractivity contribution in [2.45, 2.75) is 162 Å². The van der Waals surface area contributed by atoms with E-state index in [2.05, 4.69) is 0 Å². The summed E-state index contributed by atoms with van der Waals surface area (Å²) in [6.07, 6.45) is -17.1. The summed E-state index contributed by atoms with van der Waals surface area (Å²) >= 11 is 0. The van der Waals surface area contributed by atoms with E-state index in [0.29, 0.717) is 5.56 Å². The summed E-state index contributed by atoms with van der Waals surface area (Å²) < 4.78 is 68.4. The number of ether oxygens (including phenoxy) is 12. The fourth-order valence-corrected chi connectivity index (χ4v) is 7.70. The van der Waals surface area contributed by atoms with Gasteiger partial charge in [0.1, 0.15) is 44.2 Å². The third kappa shape index (κ3) is 15.9. The lowest BCUT2D eigenvalue weighted by molar-refractivity contribution is -0.361. The van der Waals surface area contributed by atoms with Crippen molar-refractivity contribution in [3.05, 3.63) is 35.9 Å². The Morgan fingerprint density at radius 1 is 0.580 bits per heavy atom. The standard InChI is InChI=1S/C45H60N2O22/c1-23(48)59-21-32-35(62-25(3)50)37(63-26(4)51)40(66-29(7)54)43(68-32)69-36-33(22-60-24(2)49)67-42(39(65-28(6)53)38(36)64-27(5)52)58-18-14-17-46-31(41(56)47(44(46)57)45(8,9)10)19-34(55)61-20-30-15-12-11-13-16-30/h11-13,15-16,31-33,35-40,42-43H,14,17-22H2,1-10H3/t31?,32-,33-,35+,36-,37+,38+,39-,40-,42-,43+/m1/s1. The molecule has 3 heterocycles. The van der Waals surface area contributed by atoms with Crippen LogP contribution in [-0.2, 0) is 107 Å². The van der Waals surface area contributed by atoms with Crippen LogP contribution in [0.4, 0.5) is 4.79 Å². The highest BCUT2D eigenvalue weighted by Crippen LogP contribution is 2.36. The van der Waals surface area contributed by atoms with Crippen molar-refractivity contribution < 1.29 is 105 Å². The molecule has 24 heteroatoms. The second-order valence-electron chi connectivity index (χ2n) is 17.1. The summed E-state index contributed by atoms with van der Waals surface area (Å²) in [5, 5.41) is 0. The number of carbonyl (C=O) groups is 10. The van der Waals surface area contributed by atoms with E-state index in [-0.39, 0.29) is 26.2 Å². The molecule has 0 spiro atoms. The van der Waals surface area contributed by atoms with Crippen molar-refractivity contribution in [1.29, 1.82) is 0 Å². The highest BCUT2D eigenvalue weighted by molar-refractivity contribution is 6.06. The average molecular weight is 981 g/mol. The van der Waals surface area contributed by atoms with Crippen LogP contribution in [0.1, 0.15) is 87.6 Å². The fraction of sp³-hybridized carbons (Fsp3) is 0.644. The largest absolute Gasteiger partial charge is 0.463 e. The van der Waals surface area contributed by atoms with E-state index in [0.717, 1.165) is 53.4 Å². The van der Waals surface area contributed by atoms with Gasteiger partial charge in [-0.2, -0.15) is 0 Å². The molecule has 4 rings (SSSR count). The van der Waals surface area contributed by atoms with Crippen molar-refractivity contribution in [1.82, 2.24) is 9.80 Å². The molecule has 1 aromatic carbocycles. The molecule has 24 nitrogen and oxygen atoms in total. The maximum absolute atomic E-state index is 13.8. The van der Waals surface area contributed by atoms with Crippen LogP contribution in [0.5, 0.6) is 0 Å². The predicted octanol–water partition coefficient (Wildman–Crippen LogP) is 1.58. The number of carbonyl (C=O) groups excluding carboxylic acids is 10. The van der Waals surface area contributed by atoms with Gasteiger partial charge >= 0.3 is 53.8 Å². The molecule has 0 aromatic heterocycles. The summed E-state index contributed by atoms with van der Waals surface area (Å²) in [6.45, 7) is 10.5. The number of esters is 8. The van der Waals surface area contributed by atoms with Gasteiger partial charge in [0.15, 0.2) is 43.1 Å². The lowest BCUT2D eigenvalue weighted by Gasteiger charge is -2.48. The Morgan fingerprint density at radius 3 is 1.55 bits per heavy atom. The van der Waals surface area contributed by atoms with Crippen molar-refractivity contribution in [3.63, 3.8) is 0 Å². The van der Waals surface area contributed by atoms with E-state index in [1.165, 1.54) is 4.90 Å². The van der Waals surface area contributed by atoms with Gasteiger partial charge in [0.25, 0.3) is 5.91 Å². The lowest BCUT2D eigenvalue weighted by atomic mass is 9.96. The molecule has 0 radical (unpaired) electrons. The van der Waals surface area contributed by atoms with Gasteiger partial charge in [0.05, 0.1) is 13.0 Å². The monoisotopic (exact) mass is 980 g/mol. The minimum absolute atomic E-state index is 0.0171. The Labute approximate surface area is 397 Å². The molecule has 0 N–H and O–H groups in total. The molecule has 11 atom stereocenters. The van der Waals surface area contributed by atoms with E-state index in [1.807, 2.05) is 0 Å². The molecule has 3 saturated heterocycles. The van der Waals surface area contributed by atoms with Gasteiger partial charge in [-0.25, -0.2) is 4.79 Å². The molecule has 3 aliphatic heterocycles. The zero-order chi connectivity index (χ0) is 51.3. The first-order valence-electron chi connectivity index (χ1n) is 21.9. The van der Waals surface area contributed by atoms with Crippen LogP contribution in [-0.4, -0.2) is 169 Å². The zero-order valence-electron chi connectivity index (χ0n) is 40.1. The molecule has 3 aliphatic rings. The Morgan fingerprint density at radius 2 is 1.04 bits per heavy atom. The van der Waals surface area contributed by atoms with Crippen molar-refractivity contribution in [2.75, 3.05) is 26.4 Å². The number of imide groups is 1. The smallest absolute Gasteiger partial charge is 0.327 e. The number of urea groups is 1. The summed E-state index contributed by atoms with van der Waals surface area (Å²) in [5.74, 6) is -7.61. The first-order chi connectivity index (χ1) is 32.4. The van der Waals surface area contributed by atoms with Gasteiger partial charge in [-0.15, -0.1) is 0 Å². The first-order valence-corrected chi connectivity index (χ1v) is 21.9. The van der Waals surface area contributed by atoms with E-state index < -0.39 is 152 Å². The van der Waals surface area contributed by atoms with E-state index >= 15 is 0 Å². The Kier molecular flexibility index (Phi) is 19.9. The average Bonchev–Trinajstić information content (AvgIpc) is 3.47. The fourth-order valence-electron chi connectivity index (χ4n) is 7.70. The number of rotatable bonds is 20. The van der Waals surface area contributed by atoms with Crippen LogP contribution in [0, 0.1) is 0 Å². The van der Waals surface area contributed by atoms with Crippen molar-refractivity contribution in [3.8, 4) is 0 Å². The van der Waals surface area contributed by atoms with Crippen LogP contribution in [0.15, 0.2) is 30.3 Å². The van der Waals surface area contributed by atoms with E-state index in [1.54, 1.807) is 51.1 Å². The Hall–Kier alpha value is -6.24. The molecular formula is C45H60N2O22. The van der Waals surface area contributed by atoms with Crippen LogP contribution >= 0.6 is 0 Å². The van der Waals surface area contributed by atoms with Gasteiger partial charge in [-0.1, -0.05) is 30.3 Å². The van der Waals surface area contributed by atoms with E-state index in [9.17, 15) is 47.9 Å². The molecular weight excluding hydrogens is 920 g/mol. The van der Waals surface area contributed by atoms with Gasteiger partial charge in [0.2, 0.25) is 0 Å². The second-order valence-corrected chi connectivity index (χ2v) is 17.1. The molecule has 1 unspecified atom stereocenters. The molecule has 0 saturated carbocycles. The van der Waals surface area contributed by atoms with Crippen LogP contribution < -0.4 is 0 Å². The maximum atomic E-state index is 13.8. The quantitative estimate of drug-likeness (QED) is 0.0775. The van der Waals surface area contributed by atoms with Gasteiger partial charge in [-0.05, 0) is 32.8 Å². The first kappa shape index (κ1) is 55.4. The topological polar surface area (TPSA) is 288 Å². The van der Waals surface area contributed by atoms with Gasteiger partial charge < -0.3 is 61.7 Å². The van der Waals surface area contributed by atoms with E-state index in [4.69, 9.17) is 56.8 Å². The Bertz CT molecular complexity index is 2040. The highest BCUT2D eigenvalue weighted by atomic mass is 16.8. The number of amides is 3. The second kappa shape index (κ2) is 24.9. The number of hydrogen-bond acceptors (Lipinski definition) is 22. The summed E-state index contributed by atoms with van der Waals surface area (Å²) in [6, 6.07) is 6.97. The normalized spacial score (nSPS) is 26.8. The molecule has 3 fully saturated rings. The lowest BCUT2D eigenvalue weighted by Crippen LogP contribution is -2.67. The zero-order valence-corrected chi connectivity index (χ0v) is 40.1. The van der Waals surface area contributed by atoms with Crippen LogP contribution in [0.25, 0.3) is 0 Å². The molecule has 1 aromatic rings. The number of hydrogen-bond donors (Lipinski definition) is 0. The van der Waals surface area contributed by atoms with Gasteiger partial charge in [-0.3, -0.25) is 48.1 Å². The van der Waals surface area contributed by atoms with Crippen LogP contribution in [0.2, 0.25) is 0 Å². The predicted molar refractivity (Wildman–Crippen MR) is 227 cm³/mol. The molecule has 0 bridgehead atoms. The molecule has 3 amide bonds. The van der Waals surface area contributed by atoms with Crippen molar-refractivity contribution in [2.24, 2.45) is 0 Å². The minimum Gasteiger partial charge on any atom is -0.463 e. The minimum atomic E-state index is -1.88. The molecule has 0 aliphatic carbocycles. The highest BCUT2D eigenvalue weighted by Gasteiger charge is 2.58. The maximum Gasteiger partial charge on any atom is 0.327 e. The number of benzene rings is 1. The number of nitrogens with zero attached hydrogens (tertiary/aromatic N) is 2. The van der Waals surface area contributed by atoms with Crippen LogP contribution in [0.3, 0.4) is 0 Å². The Balaban J connectivity index is 1.66. The third-order valence-corrected chi connectivity index (χ3v) is 10.3. The summed E-state index contributed by atoms with van der Waals surface area (Å²) in [7, 11) is 0. The SMILES string of the molecule is CC(=O)OC[C@H]1O[C@@H](O[C@H]2[C@H](OC(C)=O)[C@@H](OC(C)=O)[C@H](OCCCN3C(=O)N(C(C)(C)C)C(=O)C3CC(=O)OCc3ccccc3)O[C@@H]2COC(C)=O)[C@H](OC(C)=O)[C@@H](OC(C)=O)[C@H]1OC(C)=O. The van der Waals surface area contributed by atoms with Gasteiger partial charge in [0, 0.05) is 60.5 Å². The van der Waals surface area contributed by atoms with Crippen molar-refractivity contribution >= 4 is 59.7 Å². The summed E-state index contributed by atoms with van der Waals surface area (Å²) in [5.41, 5.74) is -0.248. The summed E-state index contributed by atoms with van der Waals surface area (Å²) in [4.78, 5) is 130. The molecule has 382 valence electrons. The third-order valence-electron chi connectivity index (χ3n) is 10.3.